The lowest BCUT2D eigenvalue weighted by Gasteiger charge is -2.13. The highest BCUT2D eigenvalue weighted by atomic mass is 35.5. The fourth-order valence-electron chi connectivity index (χ4n) is 2.93. The highest BCUT2D eigenvalue weighted by Crippen LogP contribution is 2.35. The normalized spacial score (nSPS) is 15.0. The van der Waals surface area contributed by atoms with E-state index in [2.05, 4.69) is 15.0 Å². The third-order valence-electron chi connectivity index (χ3n) is 4.55. The second-order valence-corrected chi connectivity index (χ2v) is 11.3. The van der Waals surface area contributed by atoms with E-state index in [1.54, 1.807) is 23.6 Å². The van der Waals surface area contributed by atoms with E-state index in [9.17, 15) is 22.8 Å². The number of amides is 3. The number of nitrogens with one attached hydrogen (secondary N) is 2. The molecular weight excluding hydrogens is 555 g/mol. The molecule has 1 saturated heterocycles. The maximum Gasteiger partial charge on any atom is 0.294 e. The van der Waals surface area contributed by atoms with Gasteiger partial charge in [-0.15, -0.1) is 11.3 Å². The summed E-state index contributed by atoms with van der Waals surface area (Å²) in [5.41, 5.74) is 0.679. The molecule has 3 amide bonds. The maximum absolute atomic E-state index is 12.7. The highest BCUT2D eigenvalue weighted by molar-refractivity contribution is 8.18. The van der Waals surface area contributed by atoms with Crippen molar-refractivity contribution in [3.8, 4) is 0 Å². The van der Waals surface area contributed by atoms with Crippen LogP contribution in [-0.2, 0) is 19.6 Å². The van der Waals surface area contributed by atoms with Crippen molar-refractivity contribution in [2.45, 2.75) is 4.90 Å². The molecule has 0 atom stereocenters. The smallest absolute Gasteiger partial charge is 0.294 e. The van der Waals surface area contributed by atoms with Crippen LogP contribution >= 0.6 is 46.3 Å². The molecule has 0 spiro atoms. The lowest BCUT2D eigenvalue weighted by Crippen LogP contribution is -2.36. The van der Waals surface area contributed by atoms with Crippen molar-refractivity contribution in [3.05, 3.63) is 74.6 Å². The molecule has 1 aromatic heterocycles. The molecule has 3 aromatic rings. The van der Waals surface area contributed by atoms with Crippen molar-refractivity contribution in [2.75, 3.05) is 16.6 Å². The Labute approximate surface area is 218 Å². The molecular formula is C21H14Cl2N4O5S3. The average molecular weight is 569 g/mol. The van der Waals surface area contributed by atoms with Crippen LogP contribution in [0, 0.1) is 0 Å². The first-order valence-corrected chi connectivity index (χ1v) is 13.6. The van der Waals surface area contributed by atoms with Gasteiger partial charge in [0.25, 0.3) is 21.2 Å². The topological polar surface area (TPSA) is 126 Å². The fraction of sp³-hybridized carbons (Fsp3) is 0.0476. The second kappa shape index (κ2) is 10.4. The molecule has 180 valence electrons. The number of sulfonamides is 1. The summed E-state index contributed by atoms with van der Waals surface area (Å²) in [6.07, 6.45) is 2.88. The van der Waals surface area contributed by atoms with Crippen molar-refractivity contribution in [1.82, 2.24) is 9.88 Å². The number of aromatic nitrogens is 1. The van der Waals surface area contributed by atoms with Crippen LogP contribution in [0.5, 0.6) is 0 Å². The Balaban J connectivity index is 1.41. The number of thioether (sulfide) groups is 1. The van der Waals surface area contributed by atoms with Gasteiger partial charge in [-0.2, -0.15) is 0 Å². The number of carbonyl (C=O) groups excluding carboxylic acids is 3. The summed E-state index contributed by atoms with van der Waals surface area (Å²) >= 11 is 14.0. The molecule has 4 rings (SSSR count). The maximum atomic E-state index is 12.7. The van der Waals surface area contributed by atoms with Gasteiger partial charge >= 0.3 is 0 Å². The van der Waals surface area contributed by atoms with Crippen molar-refractivity contribution in [3.63, 3.8) is 0 Å². The van der Waals surface area contributed by atoms with E-state index >= 15 is 0 Å². The van der Waals surface area contributed by atoms with Crippen LogP contribution in [0.15, 0.2) is 63.8 Å². The zero-order chi connectivity index (χ0) is 25.2. The van der Waals surface area contributed by atoms with Crippen molar-refractivity contribution in [1.29, 1.82) is 0 Å². The third-order valence-corrected chi connectivity index (χ3v) is 8.29. The van der Waals surface area contributed by atoms with Gasteiger partial charge in [0.1, 0.15) is 6.54 Å². The first kappa shape index (κ1) is 25.2. The largest absolute Gasteiger partial charge is 0.325 e. The summed E-state index contributed by atoms with van der Waals surface area (Å²) in [5, 5.41) is 4.41. The van der Waals surface area contributed by atoms with Gasteiger partial charge in [0.2, 0.25) is 5.91 Å². The molecule has 0 saturated carbocycles. The molecule has 2 aromatic carbocycles. The number of imide groups is 1. The number of benzene rings is 2. The van der Waals surface area contributed by atoms with E-state index in [4.69, 9.17) is 23.2 Å². The van der Waals surface area contributed by atoms with Gasteiger partial charge in [-0.1, -0.05) is 29.3 Å². The Morgan fingerprint density at radius 1 is 1.09 bits per heavy atom. The highest BCUT2D eigenvalue weighted by Gasteiger charge is 2.36. The number of thiazole rings is 1. The lowest BCUT2D eigenvalue weighted by atomic mass is 10.2. The SMILES string of the molecule is O=C(CN1C(=O)S/C(=C\c2c(Cl)cccc2Cl)C1=O)Nc1ccc(S(=O)(=O)Nc2nccs2)cc1. The van der Waals surface area contributed by atoms with E-state index < -0.39 is 33.6 Å². The van der Waals surface area contributed by atoms with Crippen LogP contribution < -0.4 is 10.0 Å². The summed E-state index contributed by atoms with van der Waals surface area (Å²) < 4.78 is 27.2. The molecule has 0 bridgehead atoms. The molecule has 0 radical (unpaired) electrons. The Hall–Kier alpha value is -2.90. The van der Waals surface area contributed by atoms with Gasteiger partial charge < -0.3 is 5.32 Å². The van der Waals surface area contributed by atoms with Crippen molar-refractivity contribution < 1.29 is 22.8 Å². The van der Waals surface area contributed by atoms with Crippen LogP contribution in [-0.4, -0.2) is 41.9 Å². The van der Waals surface area contributed by atoms with Crippen LogP contribution in [0.1, 0.15) is 5.56 Å². The summed E-state index contributed by atoms with van der Waals surface area (Å²) in [7, 11) is -3.84. The summed E-state index contributed by atoms with van der Waals surface area (Å²) in [5.74, 6) is -1.29. The molecule has 9 nitrogen and oxygen atoms in total. The van der Waals surface area contributed by atoms with Crippen LogP contribution in [0.4, 0.5) is 15.6 Å². The molecule has 2 N–H and O–H groups in total. The Morgan fingerprint density at radius 2 is 1.77 bits per heavy atom. The Bertz CT molecular complexity index is 1420. The number of hydrogen-bond acceptors (Lipinski definition) is 8. The van der Waals surface area contributed by atoms with E-state index in [1.165, 1.54) is 36.5 Å². The van der Waals surface area contributed by atoms with E-state index in [1.807, 2.05) is 0 Å². The Kier molecular flexibility index (Phi) is 7.47. The molecule has 1 aliphatic rings. The van der Waals surface area contributed by atoms with Gasteiger partial charge in [-0.05, 0) is 54.2 Å². The minimum atomic E-state index is -3.84. The van der Waals surface area contributed by atoms with Crippen LogP contribution in [0.3, 0.4) is 0 Å². The fourth-order valence-corrected chi connectivity index (χ4v) is 6.04. The zero-order valence-corrected chi connectivity index (χ0v) is 21.4. The summed E-state index contributed by atoms with van der Waals surface area (Å²) in [6, 6.07) is 10.2. The second-order valence-electron chi connectivity index (χ2n) is 6.92. The monoisotopic (exact) mass is 568 g/mol. The minimum absolute atomic E-state index is 0.0278. The Morgan fingerprint density at radius 3 is 2.40 bits per heavy atom. The number of halogens is 2. The molecule has 14 heteroatoms. The average Bonchev–Trinajstić information content (AvgIpc) is 3.40. The summed E-state index contributed by atoms with van der Waals surface area (Å²) in [4.78, 5) is 42.2. The third kappa shape index (κ3) is 5.85. The standard InChI is InChI=1S/C21H14Cl2N4O5S3/c22-15-2-1-3-16(23)14(15)10-17-19(29)27(21(30)34-17)11-18(28)25-12-4-6-13(7-5-12)35(31,32)26-20-24-8-9-33-20/h1-10H,11H2,(H,24,26)(H,25,28)/b17-10-. The van der Waals surface area contributed by atoms with Gasteiger partial charge in [0.05, 0.1) is 9.80 Å². The quantitative estimate of drug-likeness (QED) is 0.387. The van der Waals surface area contributed by atoms with Crippen LogP contribution in [0.25, 0.3) is 6.08 Å². The van der Waals surface area contributed by atoms with E-state index in [-0.39, 0.29) is 20.6 Å². The first-order chi connectivity index (χ1) is 16.6. The van der Waals surface area contributed by atoms with Gasteiger partial charge in [0, 0.05) is 32.9 Å². The van der Waals surface area contributed by atoms with Crippen molar-refractivity contribution in [2.24, 2.45) is 0 Å². The summed E-state index contributed by atoms with van der Waals surface area (Å²) in [6.45, 7) is -0.524. The number of nitrogens with zero attached hydrogens (tertiary/aromatic N) is 2. The molecule has 0 aliphatic carbocycles. The predicted octanol–water partition coefficient (Wildman–Crippen LogP) is 4.93. The van der Waals surface area contributed by atoms with Gasteiger partial charge in [-0.25, -0.2) is 13.4 Å². The number of carbonyl (C=O) groups is 3. The number of hydrogen-bond donors (Lipinski definition) is 2. The van der Waals surface area contributed by atoms with Crippen LogP contribution in [0.2, 0.25) is 10.0 Å². The minimum Gasteiger partial charge on any atom is -0.325 e. The molecule has 35 heavy (non-hydrogen) atoms. The van der Waals surface area contributed by atoms with Crippen molar-refractivity contribution >= 4 is 90.3 Å². The number of anilines is 2. The lowest BCUT2D eigenvalue weighted by molar-refractivity contribution is -0.127. The van der Waals surface area contributed by atoms with Gasteiger partial charge in [0.15, 0.2) is 5.13 Å². The van der Waals surface area contributed by atoms with Gasteiger partial charge in [-0.3, -0.25) is 24.0 Å². The molecule has 0 unspecified atom stereocenters. The van der Waals surface area contributed by atoms with E-state index in [0.717, 1.165) is 16.2 Å². The molecule has 1 fully saturated rings. The first-order valence-electron chi connectivity index (χ1n) is 9.65. The molecule has 2 heterocycles. The number of rotatable bonds is 7. The molecule has 1 aliphatic heterocycles. The van der Waals surface area contributed by atoms with E-state index in [0.29, 0.717) is 27.4 Å². The predicted molar refractivity (Wildman–Crippen MR) is 137 cm³/mol. The zero-order valence-electron chi connectivity index (χ0n) is 17.4.